The van der Waals surface area contributed by atoms with Crippen LogP contribution in [0.5, 0.6) is 11.5 Å². The Kier molecular flexibility index (Phi) is 3.91. The Morgan fingerprint density at radius 3 is 2.67 bits per heavy atom. The highest BCUT2D eigenvalue weighted by atomic mass is 127. The first-order valence-corrected chi connectivity index (χ1v) is 8.72. The summed E-state index contributed by atoms with van der Waals surface area (Å²) in [6.07, 6.45) is 0.870. The van der Waals surface area contributed by atoms with Gasteiger partial charge in [-0.1, -0.05) is 18.2 Å². The minimum atomic E-state index is -0.211. The third-order valence-corrected chi connectivity index (χ3v) is 5.29. The molecule has 2 aliphatic rings. The van der Waals surface area contributed by atoms with Crippen molar-refractivity contribution >= 4 is 34.4 Å². The molecule has 0 bridgehead atoms. The summed E-state index contributed by atoms with van der Waals surface area (Å²) in [6.45, 7) is 0.594. The van der Waals surface area contributed by atoms with Crippen LogP contribution in [0.15, 0.2) is 36.4 Å². The third-order valence-electron chi connectivity index (χ3n) is 4.28. The molecule has 2 amide bonds. The lowest BCUT2D eigenvalue weighted by atomic mass is 9.98. The molecule has 2 aromatic carbocycles. The SMILES string of the molecule is O=C1Cc2ccccc2C(=O)N1CCc1cc2c(cc1I)OCO2. The first-order chi connectivity index (χ1) is 11.6. The van der Waals surface area contributed by atoms with Gasteiger partial charge in [0.1, 0.15) is 0 Å². The van der Waals surface area contributed by atoms with Crippen LogP contribution >= 0.6 is 22.6 Å². The highest BCUT2D eigenvalue weighted by Crippen LogP contribution is 2.35. The van der Waals surface area contributed by atoms with Crippen LogP contribution in [0.4, 0.5) is 0 Å². The maximum absolute atomic E-state index is 12.6. The number of carbonyl (C=O) groups is 2. The van der Waals surface area contributed by atoms with E-state index in [9.17, 15) is 9.59 Å². The molecule has 2 heterocycles. The second kappa shape index (κ2) is 6.08. The molecule has 0 N–H and O–H groups in total. The first kappa shape index (κ1) is 15.4. The number of amides is 2. The number of hydrogen-bond acceptors (Lipinski definition) is 4. The van der Waals surface area contributed by atoms with Crippen molar-refractivity contribution in [3.8, 4) is 11.5 Å². The lowest BCUT2D eigenvalue weighted by Gasteiger charge is -2.27. The summed E-state index contributed by atoms with van der Waals surface area (Å²) in [6, 6.07) is 11.1. The van der Waals surface area contributed by atoms with Crippen molar-refractivity contribution < 1.29 is 19.1 Å². The van der Waals surface area contributed by atoms with E-state index in [4.69, 9.17) is 9.47 Å². The Hall–Kier alpha value is -2.09. The Balaban J connectivity index is 1.54. The van der Waals surface area contributed by atoms with Gasteiger partial charge in [-0.25, -0.2) is 0 Å². The van der Waals surface area contributed by atoms with Crippen LogP contribution in [-0.4, -0.2) is 30.1 Å². The standard InChI is InChI=1S/C18H14INO4/c19-14-9-16-15(23-10-24-16)7-12(14)5-6-20-17(21)8-11-3-1-2-4-13(11)18(20)22/h1-4,7,9H,5-6,8,10H2. The van der Waals surface area contributed by atoms with Crippen LogP contribution < -0.4 is 9.47 Å². The molecule has 0 fully saturated rings. The van der Waals surface area contributed by atoms with Crippen LogP contribution in [0.2, 0.25) is 0 Å². The summed E-state index contributed by atoms with van der Waals surface area (Å²) in [5.74, 6) is 1.10. The van der Waals surface area contributed by atoms with E-state index >= 15 is 0 Å². The second-order valence-electron chi connectivity index (χ2n) is 5.73. The number of imide groups is 1. The zero-order valence-electron chi connectivity index (χ0n) is 12.8. The quantitative estimate of drug-likeness (QED) is 0.550. The summed E-state index contributed by atoms with van der Waals surface area (Å²) in [5.41, 5.74) is 2.47. The molecule has 5 nitrogen and oxygen atoms in total. The van der Waals surface area contributed by atoms with Gasteiger partial charge in [-0.3, -0.25) is 14.5 Å². The monoisotopic (exact) mass is 435 g/mol. The van der Waals surface area contributed by atoms with Gasteiger partial charge in [-0.05, 0) is 58.3 Å². The van der Waals surface area contributed by atoms with Crippen LogP contribution in [0, 0.1) is 3.57 Å². The fourth-order valence-corrected chi connectivity index (χ4v) is 3.72. The highest BCUT2D eigenvalue weighted by Gasteiger charge is 2.30. The lowest BCUT2D eigenvalue weighted by Crippen LogP contribution is -2.43. The normalized spacial score (nSPS) is 15.6. The molecule has 4 rings (SSSR count). The number of halogens is 1. The first-order valence-electron chi connectivity index (χ1n) is 7.64. The number of ether oxygens (including phenoxy) is 2. The van der Waals surface area contributed by atoms with Crippen molar-refractivity contribution in [3.05, 3.63) is 56.7 Å². The lowest BCUT2D eigenvalue weighted by molar-refractivity contribution is -0.128. The number of nitrogens with zero attached hydrogens (tertiary/aromatic N) is 1. The molecule has 6 heteroatoms. The van der Waals surface area contributed by atoms with E-state index in [0.717, 1.165) is 20.4 Å². The van der Waals surface area contributed by atoms with Crippen molar-refractivity contribution in [2.75, 3.05) is 13.3 Å². The minimum Gasteiger partial charge on any atom is -0.454 e. The Morgan fingerprint density at radius 2 is 1.83 bits per heavy atom. The van der Waals surface area contributed by atoms with E-state index in [1.807, 2.05) is 30.3 Å². The smallest absolute Gasteiger partial charge is 0.260 e. The molecule has 0 unspecified atom stereocenters. The van der Waals surface area contributed by atoms with Gasteiger partial charge in [-0.15, -0.1) is 0 Å². The fourth-order valence-electron chi connectivity index (χ4n) is 3.01. The van der Waals surface area contributed by atoms with Gasteiger partial charge in [0.05, 0.1) is 6.42 Å². The molecule has 2 aliphatic heterocycles. The van der Waals surface area contributed by atoms with Crippen molar-refractivity contribution in [2.45, 2.75) is 12.8 Å². The van der Waals surface area contributed by atoms with Crippen LogP contribution in [-0.2, 0) is 17.6 Å². The van der Waals surface area contributed by atoms with Gasteiger partial charge in [0.2, 0.25) is 12.7 Å². The number of benzene rings is 2. The van der Waals surface area contributed by atoms with E-state index in [0.29, 0.717) is 24.3 Å². The molecule has 0 spiro atoms. The van der Waals surface area contributed by atoms with E-state index in [1.165, 1.54) is 4.90 Å². The van der Waals surface area contributed by atoms with Gasteiger partial charge in [0.15, 0.2) is 11.5 Å². The minimum absolute atomic E-state index is 0.144. The van der Waals surface area contributed by atoms with Crippen molar-refractivity contribution in [1.29, 1.82) is 0 Å². The van der Waals surface area contributed by atoms with Crippen LogP contribution in [0.25, 0.3) is 0 Å². The van der Waals surface area contributed by atoms with Crippen molar-refractivity contribution in [3.63, 3.8) is 0 Å². The highest BCUT2D eigenvalue weighted by molar-refractivity contribution is 14.1. The molecule has 0 aromatic heterocycles. The molecule has 0 aliphatic carbocycles. The fraction of sp³-hybridized carbons (Fsp3) is 0.222. The van der Waals surface area contributed by atoms with Gasteiger partial charge >= 0.3 is 0 Å². The van der Waals surface area contributed by atoms with E-state index in [1.54, 1.807) is 6.07 Å². The average Bonchev–Trinajstić information content (AvgIpc) is 3.01. The topological polar surface area (TPSA) is 55.8 Å². The van der Waals surface area contributed by atoms with Gasteiger partial charge in [0, 0.05) is 15.7 Å². The van der Waals surface area contributed by atoms with E-state index in [-0.39, 0.29) is 25.0 Å². The maximum atomic E-state index is 12.6. The number of rotatable bonds is 3. The summed E-state index contributed by atoms with van der Waals surface area (Å²) in [5, 5.41) is 0. The van der Waals surface area contributed by atoms with Crippen LogP contribution in [0.1, 0.15) is 21.5 Å². The molecule has 2 aromatic rings. The molecule has 0 radical (unpaired) electrons. The largest absolute Gasteiger partial charge is 0.454 e. The van der Waals surface area contributed by atoms with Crippen LogP contribution in [0.3, 0.4) is 0 Å². The van der Waals surface area contributed by atoms with Crippen molar-refractivity contribution in [2.24, 2.45) is 0 Å². The van der Waals surface area contributed by atoms with E-state index in [2.05, 4.69) is 22.6 Å². The summed E-state index contributed by atoms with van der Waals surface area (Å²) >= 11 is 2.23. The summed E-state index contributed by atoms with van der Waals surface area (Å²) in [7, 11) is 0. The average molecular weight is 435 g/mol. The number of fused-ring (bicyclic) bond motifs is 2. The van der Waals surface area contributed by atoms with Gasteiger partial charge < -0.3 is 9.47 Å². The molecule has 0 saturated heterocycles. The zero-order valence-corrected chi connectivity index (χ0v) is 14.9. The summed E-state index contributed by atoms with van der Waals surface area (Å²) < 4.78 is 11.8. The predicted molar refractivity (Wildman–Crippen MR) is 95.2 cm³/mol. The molecule has 0 atom stereocenters. The Morgan fingerprint density at radius 1 is 1.08 bits per heavy atom. The molecule has 122 valence electrons. The van der Waals surface area contributed by atoms with Gasteiger partial charge in [-0.2, -0.15) is 0 Å². The molecule has 24 heavy (non-hydrogen) atoms. The van der Waals surface area contributed by atoms with Crippen molar-refractivity contribution in [1.82, 2.24) is 4.90 Å². The summed E-state index contributed by atoms with van der Waals surface area (Å²) in [4.78, 5) is 26.2. The zero-order chi connectivity index (χ0) is 16.7. The van der Waals surface area contributed by atoms with Gasteiger partial charge in [0.25, 0.3) is 5.91 Å². The Bertz CT molecular complexity index is 849. The third kappa shape index (κ3) is 2.64. The molecular formula is C18H14INO4. The molecular weight excluding hydrogens is 421 g/mol. The maximum Gasteiger partial charge on any atom is 0.260 e. The predicted octanol–water partition coefficient (Wildman–Crippen LogP) is 2.79. The van der Waals surface area contributed by atoms with E-state index < -0.39 is 0 Å². The number of carbonyl (C=O) groups excluding carboxylic acids is 2. The Labute approximate surface area is 152 Å². The molecule has 0 saturated carbocycles. The second-order valence-corrected chi connectivity index (χ2v) is 6.89. The number of hydrogen-bond donors (Lipinski definition) is 0.